The third kappa shape index (κ3) is 2.15. The Hall–Kier alpha value is -2.56. The van der Waals surface area contributed by atoms with Gasteiger partial charge in [0.2, 0.25) is 5.71 Å². The highest BCUT2D eigenvalue weighted by molar-refractivity contribution is 6.77. The molecule has 24 heavy (non-hydrogen) atoms. The molecule has 0 aliphatic carbocycles. The molecule has 1 aliphatic rings. The van der Waals surface area contributed by atoms with Gasteiger partial charge < -0.3 is 4.42 Å². The summed E-state index contributed by atoms with van der Waals surface area (Å²) in [5, 5.41) is 2.25. The number of anilines is 1. The third-order valence-electron chi connectivity index (χ3n) is 4.76. The van der Waals surface area contributed by atoms with Crippen molar-refractivity contribution in [2.75, 3.05) is 4.81 Å². The van der Waals surface area contributed by atoms with Crippen LogP contribution in [0.25, 0.3) is 22.8 Å². The van der Waals surface area contributed by atoms with E-state index >= 15 is 0 Å². The quantitative estimate of drug-likeness (QED) is 0.507. The number of furan rings is 1. The molecule has 0 bridgehead atoms. The molecule has 0 N–H and O–H groups in total. The van der Waals surface area contributed by atoms with Crippen molar-refractivity contribution in [2.24, 2.45) is 7.05 Å². The molecule has 3 aromatic rings. The standard InChI is InChI=1S/C19H21BN3O/c1-12-8-9-22(5)17(10-12)23-14(3)18-16(11-20(23)4)15-7-6-13(2)21-19(15)24-18/h6-11H,1-5H3/q+1. The number of aromatic nitrogens is 2. The summed E-state index contributed by atoms with van der Waals surface area (Å²) in [6.45, 7) is 8.70. The first-order valence-electron chi connectivity index (χ1n) is 8.30. The van der Waals surface area contributed by atoms with Crippen LogP contribution in [-0.2, 0) is 7.05 Å². The van der Waals surface area contributed by atoms with Crippen molar-refractivity contribution in [1.29, 1.82) is 0 Å². The van der Waals surface area contributed by atoms with E-state index in [-0.39, 0.29) is 6.85 Å². The number of fused-ring (bicyclic) bond motifs is 3. The Balaban J connectivity index is 2.02. The Morgan fingerprint density at radius 1 is 1.17 bits per heavy atom. The number of nitrogens with zero attached hydrogens (tertiary/aromatic N) is 3. The van der Waals surface area contributed by atoms with Crippen molar-refractivity contribution < 1.29 is 8.98 Å². The minimum absolute atomic E-state index is 0.243. The monoisotopic (exact) mass is 318 g/mol. The van der Waals surface area contributed by atoms with E-state index in [2.05, 4.69) is 72.5 Å². The lowest BCUT2D eigenvalue weighted by molar-refractivity contribution is -0.658. The minimum atomic E-state index is 0.243. The molecule has 0 spiro atoms. The largest absolute Gasteiger partial charge is 0.434 e. The fourth-order valence-corrected chi connectivity index (χ4v) is 3.53. The molecule has 0 unspecified atom stereocenters. The molecule has 4 heterocycles. The SMILES string of the molecule is CB1C=c2c(oc3nc(C)ccc23)=C(C)N1c1cc(C)cc[n+]1C. The summed E-state index contributed by atoms with van der Waals surface area (Å²) in [6.07, 6.45) is 2.10. The van der Waals surface area contributed by atoms with E-state index < -0.39 is 0 Å². The van der Waals surface area contributed by atoms with Gasteiger partial charge in [0.05, 0.1) is 13.2 Å². The van der Waals surface area contributed by atoms with Gasteiger partial charge in [-0.1, -0.05) is 5.98 Å². The summed E-state index contributed by atoms with van der Waals surface area (Å²) in [6, 6.07) is 8.48. The van der Waals surface area contributed by atoms with Gasteiger partial charge in [0.15, 0.2) is 5.42 Å². The lowest BCUT2D eigenvalue weighted by atomic mass is 9.60. The van der Waals surface area contributed by atoms with Gasteiger partial charge in [-0.25, -0.2) is 9.55 Å². The van der Waals surface area contributed by atoms with Gasteiger partial charge in [0, 0.05) is 22.4 Å². The molecule has 3 aromatic heterocycles. The van der Waals surface area contributed by atoms with Gasteiger partial charge in [-0.05, 0) is 51.4 Å². The Bertz CT molecular complexity index is 1080. The number of hydrogen-bond donors (Lipinski definition) is 0. The first kappa shape index (κ1) is 15.0. The van der Waals surface area contributed by atoms with Crippen molar-refractivity contribution in [1.82, 2.24) is 4.98 Å². The van der Waals surface area contributed by atoms with E-state index in [9.17, 15) is 0 Å². The van der Waals surface area contributed by atoms with Crippen LogP contribution in [0.15, 0.2) is 34.9 Å². The van der Waals surface area contributed by atoms with E-state index in [4.69, 9.17) is 4.42 Å². The zero-order valence-corrected chi connectivity index (χ0v) is 14.8. The van der Waals surface area contributed by atoms with E-state index in [1.54, 1.807) is 0 Å². The summed E-state index contributed by atoms with van der Waals surface area (Å²) >= 11 is 0. The number of hydrogen-bond acceptors (Lipinski definition) is 3. The molecule has 0 fully saturated rings. The molecular weight excluding hydrogens is 297 g/mol. The Labute approximate surface area is 141 Å². The summed E-state index contributed by atoms with van der Waals surface area (Å²) in [4.78, 5) is 6.87. The maximum atomic E-state index is 6.12. The summed E-state index contributed by atoms with van der Waals surface area (Å²) < 4.78 is 8.27. The van der Waals surface area contributed by atoms with Crippen LogP contribution in [0.5, 0.6) is 0 Å². The summed E-state index contributed by atoms with van der Waals surface area (Å²) in [5.74, 6) is 3.43. The van der Waals surface area contributed by atoms with Crippen LogP contribution in [0.1, 0.15) is 18.2 Å². The van der Waals surface area contributed by atoms with Crippen LogP contribution < -0.4 is 20.0 Å². The molecule has 1 aliphatic heterocycles. The van der Waals surface area contributed by atoms with Crippen molar-refractivity contribution in [3.8, 4) is 0 Å². The zero-order chi connectivity index (χ0) is 17.0. The highest BCUT2D eigenvalue weighted by atomic mass is 16.3. The van der Waals surface area contributed by atoms with Crippen molar-refractivity contribution in [3.63, 3.8) is 0 Å². The fourth-order valence-electron chi connectivity index (χ4n) is 3.53. The van der Waals surface area contributed by atoms with Crippen LogP contribution >= 0.6 is 0 Å². The first-order chi connectivity index (χ1) is 11.5. The molecule has 0 aromatic carbocycles. The second-order valence-corrected chi connectivity index (χ2v) is 6.69. The predicted molar refractivity (Wildman–Crippen MR) is 98.0 cm³/mol. The van der Waals surface area contributed by atoms with Crippen molar-refractivity contribution >= 4 is 35.4 Å². The second-order valence-electron chi connectivity index (χ2n) is 6.69. The summed E-state index contributed by atoms with van der Waals surface area (Å²) in [7, 11) is 2.08. The molecule has 0 saturated heterocycles. The molecule has 120 valence electrons. The Morgan fingerprint density at radius 2 is 1.96 bits per heavy atom. The van der Waals surface area contributed by atoms with Crippen LogP contribution in [0.4, 0.5) is 5.82 Å². The van der Waals surface area contributed by atoms with Gasteiger partial charge in [0.1, 0.15) is 5.70 Å². The van der Waals surface area contributed by atoms with Crippen LogP contribution in [0.2, 0.25) is 6.82 Å². The third-order valence-corrected chi connectivity index (χ3v) is 4.76. The number of aryl methyl sites for hydroxylation is 3. The highest BCUT2D eigenvalue weighted by Gasteiger charge is 2.33. The van der Waals surface area contributed by atoms with Crippen LogP contribution in [0.3, 0.4) is 0 Å². The van der Waals surface area contributed by atoms with Crippen molar-refractivity contribution in [3.05, 3.63) is 52.4 Å². The van der Waals surface area contributed by atoms with Crippen LogP contribution in [-0.4, -0.2) is 11.8 Å². The van der Waals surface area contributed by atoms with Gasteiger partial charge in [0.25, 0.3) is 5.82 Å². The Kier molecular flexibility index (Phi) is 3.27. The van der Waals surface area contributed by atoms with Gasteiger partial charge in [-0.2, -0.15) is 0 Å². The zero-order valence-electron chi connectivity index (χ0n) is 14.8. The second kappa shape index (κ2) is 5.23. The topological polar surface area (TPSA) is 33.2 Å². The molecule has 0 saturated carbocycles. The normalized spacial score (nSPS) is 14.1. The first-order valence-corrected chi connectivity index (χ1v) is 8.30. The maximum absolute atomic E-state index is 6.12. The Morgan fingerprint density at radius 3 is 2.75 bits per heavy atom. The fraction of sp³-hybridized carbons (Fsp3) is 0.263. The average molecular weight is 318 g/mol. The van der Waals surface area contributed by atoms with Gasteiger partial charge in [-0.15, -0.1) is 0 Å². The molecular formula is C19H21BN3O+. The lowest BCUT2D eigenvalue weighted by Crippen LogP contribution is -2.50. The summed E-state index contributed by atoms with van der Waals surface area (Å²) in [5.41, 5.74) is 4.98. The van der Waals surface area contributed by atoms with E-state index in [0.29, 0.717) is 0 Å². The predicted octanol–water partition coefficient (Wildman–Crippen LogP) is 1.86. The van der Waals surface area contributed by atoms with Gasteiger partial charge in [-0.3, -0.25) is 4.81 Å². The maximum Gasteiger partial charge on any atom is 0.402 e. The molecule has 0 radical (unpaired) electrons. The molecule has 4 nitrogen and oxygen atoms in total. The lowest BCUT2D eigenvalue weighted by Gasteiger charge is -2.23. The smallest absolute Gasteiger partial charge is 0.402 e. The molecule has 5 heteroatoms. The number of rotatable bonds is 1. The number of pyridine rings is 2. The molecule has 0 atom stereocenters. The van der Waals surface area contributed by atoms with Gasteiger partial charge >= 0.3 is 6.85 Å². The van der Waals surface area contributed by atoms with E-state index in [1.807, 2.05) is 13.0 Å². The average Bonchev–Trinajstić information content (AvgIpc) is 2.88. The van der Waals surface area contributed by atoms with Crippen LogP contribution in [0, 0.1) is 13.8 Å². The van der Waals surface area contributed by atoms with E-state index in [1.165, 1.54) is 5.56 Å². The molecule has 4 rings (SSSR count). The van der Waals surface area contributed by atoms with Crippen molar-refractivity contribution in [2.45, 2.75) is 27.6 Å². The molecule has 0 amide bonds. The highest BCUT2D eigenvalue weighted by Crippen LogP contribution is 2.21. The van der Waals surface area contributed by atoms with E-state index in [0.717, 1.165) is 38.9 Å². The minimum Gasteiger partial charge on any atom is -0.434 e.